The SMILES string of the molecule is C#CCNC(=O)C1(CCCc2ccccc2)c2ccccc2-c2ccccc21. The van der Waals surface area contributed by atoms with Crippen molar-refractivity contribution in [2.75, 3.05) is 6.54 Å². The van der Waals surface area contributed by atoms with Gasteiger partial charge in [0.05, 0.1) is 6.54 Å². The van der Waals surface area contributed by atoms with Gasteiger partial charge < -0.3 is 5.32 Å². The Balaban J connectivity index is 1.75. The zero-order valence-corrected chi connectivity index (χ0v) is 15.8. The molecule has 3 aromatic carbocycles. The van der Waals surface area contributed by atoms with Crippen molar-refractivity contribution in [2.45, 2.75) is 24.7 Å². The third-order valence-electron chi connectivity index (χ3n) is 5.66. The van der Waals surface area contributed by atoms with Gasteiger partial charge in [0.15, 0.2) is 0 Å². The Morgan fingerprint density at radius 3 is 2.04 bits per heavy atom. The largest absolute Gasteiger partial charge is 0.344 e. The molecule has 1 amide bonds. The number of hydrogen-bond donors (Lipinski definition) is 1. The molecule has 0 unspecified atom stereocenters. The van der Waals surface area contributed by atoms with Crippen LogP contribution < -0.4 is 5.32 Å². The van der Waals surface area contributed by atoms with Gasteiger partial charge in [-0.25, -0.2) is 0 Å². The van der Waals surface area contributed by atoms with Crippen molar-refractivity contribution in [1.29, 1.82) is 0 Å². The van der Waals surface area contributed by atoms with Gasteiger partial charge in [0.25, 0.3) is 0 Å². The molecule has 3 aromatic rings. The molecule has 1 N–H and O–H groups in total. The number of amides is 1. The van der Waals surface area contributed by atoms with Crippen LogP contribution in [0.4, 0.5) is 0 Å². The van der Waals surface area contributed by atoms with E-state index in [4.69, 9.17) is 6.42 Å². The van der Waals surface area contributed by atoms with Gasteiger partial charge in [0.1, 0.15) is 5.41 Å². The second-order valence-electron chi connectivity index (χ2n) is 7.22. The molecule has 0 aliphatic heterocycles. The highest BCUT2D eigenvalue weighted by molar-refractivity contribution is 6.00. The normalized spacial score (nSPS) is 13.2. The monoisotopic (exact) mass is 365 g/mol. The predicted molar refractivity (Wildman–Crippen MR) is 114 cm³/mol. The number of terminal acetylenes is 1. The molecule has 1 aliphatic rings. The smallest absolute Gasteiger partial charge is 0.235 e. The Morgan fingerprint density at radius 1 is 0.857 bits per heavy atom. The van der Waals surface area contributed by atoms with E-state index in [1.54, 1.807) is 0 Å². The highest BCUT2D eigenvalue weighted by atomic mass is 16.2. The van der Waals surface area contributed by atoms with Crippen LogP contribution in [0, 0.1) is 12.3 Å². The van der Waals surface area contributed by atoms with Gasteiger partial charge in [-0.1, -0.05) is 84.8 Å². The van der Waals surface area contributed by atoms with Crippen molar-refractivity contribution in [1.82, 2.24) is 5.32 Å². The number of hydrogen-bond acceptors (Lipinski definition) is 1. The van der Waals surface area contributed by atoms with E-state index in [1.807, 2.05) is 30.3 Å². The van der Waals surface area contributed by atoms with E-state index in [9.17, 15) is 4.79 Å². The van der Waals surface area contributed by atoms with Crippen LogP contribution in [-0.4, -0.2) is 12.5 Å². The molecule has 0 bridgehead atoms. The van der Waals surface area contributed by atoms with E-state index in [0.717, 1.165) is 41.5 Å². The lowest BCUT2D eigenvalue weighted by molar-refractivity contribution is -0.125. The fraction of sp³-hybridized carbons (Fsp3) is 0.192. The molecule has 0 atom stereocenters. The summed E-state index contributed by atoms with van der Waals surface area (Å²) in [5.74, 6) is 2.53. The lowest BCUT2D eigenvalue weighted by Gasteiger charge is -2.30. The van der Waals surface area contributed by atoms with E-state index < -0.39 is 5.41 Å². The van der Waals surface area contributed by atoms with Crippen LogP contribution in [0.2, 0.25) is 0 Å². The minimum atomic E-state index is -0.696. The minimum Gasteiger partial charge on any atom is -0.344 e. The first-order chi connectivity index (χ1) is 13.8. The van der Waals surface area contributed by atoms with Crippen LogP contribution in [0.3, 0.4) is 0 Å². The van der Waals surface area contributed by atoms with Crippen molar-refractivity contribution in [2.24, 2.45) is 0 Å². The number of nitrogens with one attached hydrogen (secondary N) is 1. The van der Waals surface area contributed by atoms with Crippen molar-refractivity contribution >= 4 is 5.91 Å². The van der Waals surface area contributed by atoms with Crippen LogP contribution >= 0.6 is 0 Å². The Morgan fingerprint density at radius 2 is 1.43 bits per heavy atom. The molecule has 0 radical (unpaired) electrons. The second kappa shape index (κ2) is 7.74. The molecule has 0 heterocycles. The van der Waals surface area contributed by atoms with Crippen molar-refractivity contribution in [3.05, 3.63) is 95.6 Å². The molecule has 2 nitrogen and oxygen atoms in total. The zero-order chi connectivity index (χ0) is 19.4. The van der Waals surface area contributed by atoms with Gasteiger partial charge in [-0.15, -0.1) is 6.42 Å². The molecular formula is C26H23NO. The lowest BCUT2D eigenvalue weighted by atomic mass is 9.73. The standard InChI is InChI=1S/C26H23NO/c1-2-19-27-25(28)26(18-10-13-20-11-4-3-5-12-20)23-16-8-6-14-21(23)22-15-7-9-17-24(22)26/h1,3-9,11-12,14-17H,10,13,18-19H2,(H,27,28). The summed E-state index contributed by atoms with van der Waals surface area (Å²) in [6, 6.07) is 26.9. The lowest BCUT2D eigenvalue weighted by Crippen LogP contribution is -2.44. The Hall–Kier alpha value is -3.31. The predicted octanol–water partition coefficient (Wildman–Crippen LogP) is 4.73. The van der Waals surface area contributed by atoms with Gasteiger partial charge in [-0.2, -0.15) is 0 Å². The molecule has 138 valence electrons. The summed E-state index contributed by atoms with van der Waals surface area (Å²) in [7, 11) is 0. The van der Waals surface area contributed by atoms with E-state index in [-0.39, 0.29) is 12.5 Å². The summed E-state index contributed by atoms with van der Waals surface area (Å²) in [6.45, 7) is 0.240. The van der Waals surface area contributed by atoms with Crippen LogP contribution in [0.5, 0.6) is 0 Å². The number of benzene rings is 3. The molecule has 28 heavy (non-hydrogen) atoms. The first kappa shape index (κ1) is 18.1. The van der Waals surface area contributed by atoms with Crippen molar-refractivity contribution in [3.8, 4) is 23.5 Å². The molecule has 1 aliphatic carbocycles. The average molecular weight is 365 g/mol. The molecule has 0 aromatic heterocycles. The summed E-state index contributed by atoms with van der Waals surface area (Å²) in [4.78, 5) is 13.5. The summed E-state index contributed by atoms with van der Waals surface area (Å²) < 4.78 is 0. The number of aryl methyl sites for hydroxylation is 1. The van der Waals surface area contributed by atoms with Crippen molar-refractivity contribution < 1.29 is 4.79 Å². The maximum Gasteiger partial charge on any atom is 0.235 e. The van der Waals surface area contributed by atoms with Crippen LogP contribution in [-0.2, 0) is 16.6 Å². The number of rotatable bonds is 6. The van der Waals surface area contributed by atoms with E-state index in [0.29, 0.717) is 0 Å². The second-order valence-corrected chi connectivity index (χ2v) is 7.22. The molecule has 2 heteroatoms. The van der Waals surface area contributed by atoms with E-state index in [1.165, 1.54) is 5.56 Å². The minimum absolute atomic E-state index is 0.00379. The van der Waals surface area contributed by atoms with Gasteiger partial charge >= 0.3 is 0 Å². The molecule has 0 saturated carbocycles. The summed E-state index contributed by atoms with van der Waals surface area (Å²) in [5, 5.41) is 2.97. The molecule has 4 rings (SSSR count). The zero-order valence-electron chi connectivity index (χ0n) is 15.8. The topological polar surface area (TPSA) is 29.1 Å². The third kappa shape index (κ3) is 3.00. The Labute approximate surface area is 166 Å². The van der Waals surface area contributed by atoms with Gasteiger partial charge in [-0.3, -0.25) is 4.79 Å². The Kier molecular flexibility index (Phi) is 5.00. The van der Waals surface area contributed by atoms with Crippen LogP contribution in [0.1, 0.15) is 29.5 Å². The van der Waals surface area contributed by atoms with Crippen LogP contribution in [0.15, 0.2) is 78.9 Å². The highest BCUT2D eigenvalue weighted by Gasteiger charge is 2.48. The molecule has 0 saturated heterocycles. The molecule has 0 spiro atoms. The van der Waals surface area contributed by atoms with E-state index >= 15 is 0 Å². The summed E-state index contributed by atoms with van der Waals surface area (Å²) in [5.41, 5.74) is 5.06. The maximum absolute atomic E-state index is 13.5. The fourth-order valence-electron chi connectivity index (χ4n) is 4.44. The Bertz CT molecular complexity index is 984. The number of carbonyl (C=O) groups excluding carboxylic acids is 1. The highest BCUT2D eigenvalue weighted by Crippen LogP contribution is 2.51. The number of fused-ring (bicyclic) bond motifs is 3. The van der Waals surface area contributed by atoms with Gasteiger partial charge in [0.2, 0.25) is 5.91 Å². The summed E-state index contributed by atoms with van der Waals surface area (Å²) >= 11 is 0. The average Bonchev–Trinajstić information content (AvgIpc) is 3.04. The maximum atomic E-state index is 13.5. The molecular weight excluding hydrogens is 342 g/mol. The van der Waals surface area contributed by atoms with Crippen LogP contribution in [0.25, 0.3) is 11.1 Å². The third-order valence-corrected chi connectivity index (χ3v) is 5.66. The molecule has 0 fully saturated rings. The fourth-order valence-corrected chi connectivity index (χ4v) is 4.44. The van der Waals surface area contributed by atoms with Crippen molar-refractivity contribution in [3.63, 3.8) is 0 Å². The quantitative estimate of drug-likeness (QED) is 0.629. The first-order valence-corrected chi connectivity index (χ1v) is 9.72. The van der Waals surface area contributed by atoms with E-state index in [2.05, 4.69) is 59.8 Å². The van der Waals surface area contributed by atoms with Gasteiger partial charge in [0, 0.05) is 0 Å². The summed E-state index contributed by atoms with van der Waals surface area (Å²) in [6.07, 6.45) is 8.01. The first-order valence-electron chi connectivity index (χ1n) is 9.72. The van der Waals surface area contributed by atoms with Gasteiger partial charge in [-0.05, 0) is 47.1 Å². The number of carbonyl (C=O) groups is 1.